The largest absolute Gasteiger partial charge is 0.351 e. The van der Waals surface area contributed by atoms with E-state index in [-0.39, 0.29) is 11.7 Å². The number of nitrogens with zero attached hydrogens (tertiary/aromatic N) is 2. The number of halogens is 1. The first-order chi connectivity index (χ1) is 14.1. The van der Waals surface area contributed by atoms with Gasteiger partial charge in [0, 0.05) is 30.5 Å². The van der Waals surface area contributed by atoms with Gasteiger partial charge in [-0.15, -0.1) is 0 Å². The summed E-state index contributed by atoms with van der Waals surface area (Å²) in [4.78, 5) is 20.6. The van der Waals surface area contributed by atoms with Crippen molar-refractivity contribution >= 4 is 16.8 Å². The van der Waals surface area contributed by atoms with E-state index in [9.17, 15) is 9.18 Å². The average Bonchev–Trinajstić information content (AvgIpc) is 3.19. The van der Waals surface area contributed by atoms with E-state index in [2.05, 4.69) is 9.88 Å². The minimum atomic E-state index is -0.188. The molecule has 2 heterocycles. The van der Waals surface area contributed by atoms with Crippen molar-refractivity contribution < 1.29 is 9.18 Å². The number of para-hydroxylation sites is 1. The lowest BCUT2D eigenvalue weighted by Gasteiger charge is -2.34. The molecule has 0 spiro atoms. The Bertz CT molecular complexity index is 925. The van der Waals surface area contributed by atoms with Gasteiger partial charge in [0.05, 0.1) is 0 Å². The smallest absolute Gasteiger partial charge is 0.270 e. The minimum absolute atomic E-state index is 0.0810. The van der Waals surface area contributed by atoms with Crippen molar-refractivity contribution in [3.05, 3.63) is 71.7 Å². The molecule has 29 heavy (non-hydrogen) atoms. The Kier molecular flexibility index (Phi) is 5.95. The molecule has 0 bridgehead atoms. The van der Waals surface area contributed by atoms with Crippen molar-refractivity contribution in [2.75, 3.05) is 26.2 Å². The number of aromatic nitrogens is 1. The van der Waals surface area contributed by atoms with Crippen LogP contribution < -0.4 is 0 Å². The quantitative estimate of drug-likeness (QED) is 0.660. The predicted octanol–water partition coefficient (Wildman–Crippen LogP) is 4.68. The van der Waals surface area contributed by atoms with Crippen LogP contribution in [0.15, 0.2) is 54.6 Å². The molecule has 1 N–H and O–H groups in total. The van der Waals surface area contributed by atoms with E-state index in [0.717, 1.165) is 55.5 Å². The molecule has 2 aromatic carbocycles. The molecule has 1 aliphatic rings. The Morgan fingerprint density at radius 3 is 2.55 bits per heavy atom. The molecule has 0 saturated carbocycles. The highest BCUT2D eigenvalue weighted by molar-refractivity contribution is 5.98. The van der Waals surface area contributed by atoms with Gasteiger partial charge < -0.3 is 9.88 Å². The number of carbonyl (C=O) groups is 1. The van der Waals surface area contributed by atoms with Crippen molar-refractivity contribution in [3.63, 3.8) is 0 Å². The van der Waals surface area contributed by atoms with E-state index < -0.39 is 0 Å². The Labute approximate surface area is 171 Å². The lowest BCUT2D eigenvalue weighted by molar-refractivity contribution is 0.0694. The molecule has 5 heteroatoms. The number of amides is 1. The molecule has 0 aliphatic carbocycles. The Balaban J connectivity index is 1.32. The molecule has 0 radical (unpaired) electrons. The highest BCUT2D eigenvalue weighted by atomic mass is 19.1. The summed E-state index contributed by atoms with van der Waals surface area (Å²) in [7, 11) is 0. The first-order valence-electron chi connectivity index (χ1n) is 10.5. The summed E-state index contributed by atoms with van der Waals surface area (Å²) in [5.41, 5.74) is 2.82. The Hall–Kier alpha value is -2.66. The number of likely N-dealkylation sites (tertiary alicyclic amines) is 1. The van der Waals surface area contributed by atoms with E-state index in [0.29, 0.717) is 18.2 Å². The molecule has 1 aliphatic heterocycles. The first kappa shape index (κ1) is 19.6. The number of fused-ring (bicyclic) bond motifs is 1. The third kappa shape index (κ3) is 4.67. The van der Waals surface area contributed by atoms with Crippen LogP contribution in [0.4, 0.5) is 4.39 Å². The van der Waals surface area contributed by atoms with Gasteiger partial charge in [0.25, 0.3) is 5.91 Å². The third-order valence-corrected chi connectivity index (χ3v) is 5.93. The second-order valence-electron chi connectivity index (χ2n) is 7.96. The maximum atomic E-state index is 13.1. The molecule has 0 atom stereocenters. The summed E-state index contributed by atoms with van der Waals surface area (Å²) in [6.45, 7) is 6.45. The second kappa shape index (κ2) is 8.78. The van der Waals surface area contributed by atoms with Gasteiger partial charge in [-0.05, 0) is 68.6 Å². The third-order valence-electron chi connectivity index (χ3n) is 5.93. The zero-order valence-electron chi connectivity index (χ0n) is 16.9. The number of piperidine rings is 1. The molecule has 4 nitrogen and oxygen atoms in total. The summed E-state index contributed by atoms with van der Waals surface area (Å²) < 4.78 is 13.1. The zero-order chi connectivity index (χ0) is 20.2. The van der Waals surface area contributed by atoms with Crippen LogP contribution in [-0.4, -0.2) is 46.9 Å². The molecule has 1 fully saturated rings. The van der Waals surface area contributed by atoms with Gasteiger partial charge in [0.2, 0.25) is 0 Å². The summed E-state index contributed by atoms with van der Waals surface area (Å²) in [5, 5.41) is 1.07. The molecule has 152 valence electrons. The van der Waals surface area contributed by atoms with Gasteiger partial charge in [0.15, 0.2) is 0 Å². The van der Waals surface area contributed by atoms with Crippen LogP contribution >= 0.6 is 0 Å². The Morgan fingerprint density at radius 1 is 1.14 bits per heavy atom. The number of rotatable bonds is 6. The van der Waals surface area contributed by atoms with Gasteiger partial charge >= 0.3 is 0 Å². The number of benzene rings is 2. The average molecular weight is 394 g/mol. The van der Waals surface area contributed by atoms with Crippen LogP contribution in [0.3, 0.4) is 0 Å². The summed E-state index contributed by atoms with van der Waals surface area (Å²) in [6.07, 6.45) is 2.16. The fraction of sp³-hybridized carbons (Fsp3) is 0.375. The molecule has 1 aromatic heterocycles. The highest BCUT2D eigenvalue weighted by Crippen LogP contribution is 2.22. The maximum absolute atomic E-state index is 13.1. The van der Waals surface area contributed by atoms with Crippen LogP contribution in [0.5, 0.6) is 0 Å². The van der Waals surface area contributed by atoms with Crippen LogP contribution in [0.2, 0.25) is 0 Å². The number of nitrogens with one attached hydrogen (secondary N) is 1. The number of carbonyl (C=O) groups excluding carboxylic acids is 1. The molecule has 4 rings (SSSR count). The monoisotopic (exact) mass is 393 g/mol. The summed E-state index contributed by atoms with van der Waals surface area (Å²) in [6, 6.07) is 16.7. The van der Waals surface area contributed by atoms with E-state index in [1.54, 1.807) is 0 Å². The fourth-order valence-corrected chi connectivity index (χ4v) is 4.20. The number of H-pyrrole nitrogens is 1. The molecule has 1 amide bonds. The molecule has 3 aromatic rings. The number of aromatic amines is 1. The summed E-state index contributed by atoms with van der Waals surface area (Å²) in [5.74, 6) is 0.414. The fourth-order valence-electron chi connectivity index (χ4n) is 4.20. The van der Waals surface area contributed by atoms with E-state index in [4.69, 9.17) is 0 Å². The van der Waals surface area contributed by atoms with E-state index in [1.807, 2.05) is 54.3 Å². The lowest BCUT2D eigenvalue weighted by Crippen LogP contribution is -2.40. The highest BCUT2D eigenvalue weighted by Gasteiger charge is 2.24. The predicted molar refractivity (Wildman–Crippen MR) is 114 cm³/mol. The van der Waals surface area contributed by atoms with Crippen LogP contribution in [-0.2, 0) is 6.54 Å². The van der Waals surface area contributed by atoms with Crippen molar-refractivity contribution in [3.8, 4) is 0 Å². The van der Waals surface area contributed by atoms with E-state index in [1.165, 1.54) is 12.1 Å². The van der Waals surface area contributed by atoms with Gasteiger partial charge in [-0.25, -0.2) is 4.39 Å². The van der Waals surface area contributed by atoms with Crippen molar-refractivity contribution in [1.29, 1.82) is 0 Å². The number of hydrogen-bond donors (Lipinski definition) is 1. The van der Waals surface area contributed by atoms with E-state index >= 15 is 0 Å². The van der Waals surface area contributed by atoms with Crippen LogP contribution in [0.25, 0.3) is 10.9 Å². The Morgan fingerprint density at radius 2 is 1.86 bits per heavy atom. The maximum Gasteiger partial charge on any atom is 0.270 e. The lowest BCUT2D eigenvalue weighted by atomic mass is 9.95. The SMILES string of the molecule is CCN(CC1CCN(Cc2ccc(F)cc2)CC1)C(=O)c1cc2ccccc2[nH]1. The first-order valence-corrected chi connectivity index (χ1v) is 10.5. The molecule has 1 saturated heterocycles. The van der Waals surface area contributed by atoms with Crippen LogP contribution in [0.1, 0.15) is 35.8 Å². The minimum Gasteiger partial charge on any atom is -0.351 e. The second-order valence-corrected chi connectivity index (χ2v) is 7.96. The summed E-state index contributed by atoms with van der Waals surface area (Å²) >= 11 is 0. The normalized spacial score (nSPS) is 15.7. The van der Waals surface area contributed by atoms with Gasteiger partial charge in [-0.2, -0.15) is 0 Å². The standard InChI is InChI=1S/C24H28FN3O/c1-2-28(24(29)23-15-20-5-3-4-6-22(20)26-23)17-19-11-13-27(14-12-19)16-18-7-9-21(25)10-8-18/h3-10,15,19,26H,2,11-14,16-17H2,1H3. The topological polar surface area (TPSA) is 39.3 Å². The molecular weight excluding hydrogens is 365 g/mol. The molecular formula is C24H28FN3O. The van der Waals surface area contributed by atoms with Gasteiger partial charge in [-0.1, -0.05) is 30.3 Å². The van der Waals surface area contributed by atoms with Crippen molar-refractivity contribution in [1.82, 2.24) is 14.8 Å². The van der Waals surface area contributed by atoms with Crippen molar-refractivity contribution in [2.24, 2.45) is 5.92 Å². The van der Waals surface area contributed by atoms with Crippen LogP contribution in [0, 0.1) is 11.7 Å². The van der Waals surface area contributed by atoms with Gasteiger partial charge in [0.1, 0.15) is 11.5 Å². The number of hydrogen-bond acceptors (Lipinski definition) is 2. The van der Waals surface area contributed by atoms with Crippen molar-refractivity contribution in [2.45, 2.75) is 26.3 Å². The van der Waals surface area contributed by atoms with Gasteiger partial charge in [-0.3, -0.25) is 9.69 Å². The zero-order valence-corrected chi connectivity index (χ0v) is 16.9. The molecule has 0 unspecified atom stereocenters.